The molecular formula is C6H9F2NO2. The fourth-order valence-electron chi connectivity index (χ4n) is 0.334. The molecule has 5 heteroatoms. The summed E-state index contributed by atoms with van der Waals surface area (Å²) in [5.74, 6) is -0.651. The van der Waals surface area contributed by atoms with E-state index in [4.69, 9.17) is 0 Å². The number of amides is 1. The number of carbonyl (C=O) groups is 1. The smallest absolute Gasteiger partial charge is 0.344 e. The van der Waals surface area contributed by atoms with Gasteiger partial charge in [0.05, 0.1) is 0 Å². The normalized spacial score (nSPS) is 10.8. The van der Waals surface area contributed by atoms with Crippen molar-refractivity contribution in [2.24, 2.45) is 0 Å². The molecule has 0 aromatic rings. The van der Waals surface area contributed by atoms with E-state index in [2.05, 4.69) is 11.3 Å². The second-order valence-corrected chi connectivity index (χ2v) is 1.76. The van der Waals surface area contributed by atoms with Gasteiger partial charge in [-0.1, -0.05) is 6.58 Å². The van der Waals surface area contributed by atoms with E-state index in [-0.39, 0.29) is 0 Å². The molecule has 0 atom stereocenters. The van der Waals surface area contributed by atoms with E-state index >= 15 is 0 Å². The molecule has 0 spiro atoms. The highest BCUT2D eigenvalue weighted by Gasteiger charge is 2.27. The monoisotopic (exact) mass is 165 g/mol. The summed E-state index contributed by atoms with van der Waals surface area (Å²) in [7, 11) is 0.861. The largest absolute Gasteiger partial charge is 0.372 e. The van der Waals surface area contributed by atoms with Gasteiger partial charge in [-0.2, -0.15) is 8.78 Å². The molecule has 0 heterocycles. The highest BCUT2D eigenvalue weighted by atomic mass is 19.3. The Hall–Kier alpha value is -0.970. The van der Waals surface area contributed by atoms with Gasteiger partial charge >= 0.3 is 6.11 Å². The van der Waals surface area contributed by atoms with Gasteiger partial charge in [-0.05, 0) is 6.08 Å². The molecule has 0 aromatic heterocycles. The van der Waals surface area contributed by atoms with Gasteiger partial charge in [0.1, 0.15) is 6.54 Å². The van der Waals surface area contributed by atoms with Crippen molar-refractivity contribution in [2.75, 3.05) is 13.7 Å². The van der Waals surface area contributed by atoms with Crippen LogP contribution in [0.1, 0.15) is 0 Å². The third-order valence-electron chi connectivity index (χ3n) is 0.952. The van der Waals surface area contributed by atoms with Crippen LogP contribution in [0.5, 0.6) is 0 Å². The summed E-state index contributed by atoms with van der Waals surface area (Å²) in [6.45, 7) is 2.25. The molecule has 0 aliphatic rings. The van der Waals surface area contributed by atoms with Crippen LogP contribution in [0.4, 0.5) is 8.78 Å². The van der Waals surface area contributed by atoms with Crippen molar-refractivity contribution in [3.8, 4) is 0 Å². The molecule has 0 saturated carbocycles. The third kappa shape index (κ3) is 4.44. The molecule has 3 nitrogen and oxygen atoms in total. The Labute approximate surface area is 63.0 Å². The molecule has 0 radical (unpaired) electrons. The van der Waals surface area contributed by atoms with Crippen LogP contribution in [-0.4, -0.2) is 25.7 Å². The quantitative estimate of drug-likeness (QED) is 0.617. The van der Waals surface area contributed by atoms with E-state index in [9.17, 15) is 13.6 Å². The van der Waals surface area contributed by atoms with Crippen LogP contribution in [0.15, 0.2) is 12.7 Å². The lowest BCUT2D eigenvalue weighted by molar-refractivity contribution is -0.216. The number of ether oxygens (including phenoxy) is 1. The molecule has 0 aromatic carbocycles. The summed E-state index contributed by atoms with van der Waals surface area (Å²) >= 11 is 0. The summed E-state index contributed by atoms with van der Waals surface area (Å²) in [5, 5.41) is 1.89. The van der Waals surface area contributed by atoms with E-state index in [1.165, 1.54) is 0 Å². The Morgan fingerprint density at radius 3 is 2.73 bits per heavy atom. The molecular weight excluding hydrogens is 156 g/mol. The predicted molar refractivity (Wildman–Crippen MR) is 35.2 cm³/mol. The van der Waals surface area contributed by atoms with E-state index in [0.717, 1.165) is 13.2 Å². The Balaban J connectivity index is 3.69. The number of halogens is 2. The molecule has 11 heavy (non-hydrogen) atoms. The first-order chi connectivity index (χ1) is 5.02. The van der Waals surface area contributed by atoms with Crippen LogP contribution >= 0.6 is 0 Å². The fraction of sp³-hybridized carbons (Fsp3) is 0.500. The highest BCUT2D eigenvalue weighted by Crippen LogP contribution is 2.11. The zero-order chi connectivity index (χ0) is 8.91. The van der Waals surface area contributed by atoms with Crippen molar-refractivity contribution in [1.82, 2.24) is 5.32 Å². The zero-order valence-electron chi connectivity index (χ0n) is 6.06. The van der Waals surface area contributed by atoms with Crippen LogP contribution in [0.25, 0.3) is 0 Å². The minimum Gasteiger partial charge on any atom is -0.344 e. The second-order valence-electron chi connectivity index (χ2n) is 1.76. The average Bonchev–Trinajstić information content (AvgIpc) is 2.00. The van der Waals surface area contributed by atoms with E-state index in [1.807, 2.05) is 5.32 Å². The van der Waals surface area contributed by atoms with Crippen LogP contribution in [0.2, 0.25) is 0 Å². The van der Waals surface area contributed by atoms with Crippen LogP contribution < -0.4 is 5.32 Å². The number of carbonyl (C=O) groups excluding carboxylic acids is 1. The molecule has 1 amide bonds. The minimum absolute atomic E-state index is 0.651. The number of hydrogen-bond donors (Lipinski definition) is 1. The summed E-state index contributed by atoms with van der Waals surface area (Å²) in [6.07, 6.45) is -2.40. The first-order valence-corrected chi connectivity index (χ1v) is 2.85. The number of nitrogens with one attached hydrogen (secondary N) is 1. The molecule has 0 bridgehead atoms. The molecule has 0 saturated heterocycles. The van der Waals surface area contributed by atoms with E-state index in [0.29, 0.717) is 0 Å². The van der Waals surface area contributed by atoms with Crippen molar-refractivity contribution in [1.29, 1.82) is 0 Å². The summed E-state index contributed by atoms with van der Waals surface area (Å²) in [4.78, 5) is 10.4. The zero-order valence-corrected chi connectivity index (χ0v) is 6.06. The average molecular weight is 165 g/mol. The van der Waals surface area contributed by atoms with Crippen LogP contribution in [0.3, 0.4) is 0 Å². The van der Waals surface area contributed by atoms with Gasteiger partial charge < -0.3 is 10.1 Å². The second kappa shape index (κ2) is 4.02. The van der Waals surface area contributed by atoms with Crippen LogP contribution in [-0.2, 0) is 9.53 Å². The molecule has 0 rings (SSSR count). The first kappa shape index (κ1) is 10.0. The van der Waals surface area contributed by atoms with Crippen molar-refractivity contribution in [3.63, 3.8) is 0 Å². The summed E-state index contributed by atoms with van der Waals surface area (Å²) in [5.41, 5.74) is 0. The predicted octanol–water partition coefficient (Wildman–Crippen LogP) is 0.528. The van der Waals surface area contributed by atoms with Gasteiger partial charge in [-0.3, -0.25) is 4.79 Å². The summed E-state index contributed by atoms with van der Waals surface area (Å²) < 4.78 is 28.1. The van der Waals surface area contributed by atoms with Crippen molar-refractivity contribution in [2.45, 2.75) is 6.11 Å². The molecule has 0 unspecified atom stereocenters. The van der Waals surface area contributed by atoms with Gasteiger partial charge in [0.2, 0.25) is 5.91 Å². The van der Waals surface area contributed by atoms with Gasteiger partial charge in [-0.15, -0.1) is 0 Å². The van der Waals surface area contributed by atoms with Gasteiger partial charge in [0, 0.05) is 7.11 Å². The molecule has 0 fully saturated rings. The Morgan fingerprint density at radius 2 is 2.36 bits per heavy atom. The lowest BCUT2D eigenvalue weighted by Crippen LogP contribution is -2.36. The maximum Gasteiger partial charge on any atom is 0.372 e. The Bertz CT molecular complexity index is 159. The first-order valence-electron chi connectivity index (χ1n) is 2.85. The van der Waals surface area contributed by atoms with Crippen LogP contribution in [0, 0.1) is 0 Å². The van der Waals surface area contributed by atoms with E-state index < -0.39 is 18.6 Å². The fourth-order valence-corrected chi connectivity index (χ4v) is 0.334. The molecule has 64 valence electrons. The minimum atomic E-state index is -3.31. The topological polar surface area (TPSA) is 38.3 Å². The van der Waals surface area contributed by atoms with Crippen molar-refractivity contribution >= 4 is 5.91 Å². The van der Waals surface area contributed by atoms with Gasteiger partial charge in [0.25, 0.3) is 0 Å². The standard InChI is InChI=1S/C6H9F2NO2/c1-3-5(10)9-4-6(7,8)11-2/h3H,1,4H2,2H3,(H,9,10). The number of hydrogen-bond acceptors (Lipinski definition) is 2. The molecule has 0 aliphatic carbocycles. The number of methoxy groups -OCH3 is 1. The molecule has 0 aliphatic heterocycles. The maximum absolute atomic E-state index is 12.2. The summed E-state index contributed by atoms with van der Waals surface area (Å²) in [6, 6.07) is 0. The van der Waals surface area contributed by atoms with Crippen molar-refractivity contribution in [3.05, 3.63) is 12.7 Å². The maximum atomic E-state index is 12.2. The number of alkyl halides is 2. The van der Waals surface area contributed by atoms with Crippen molar-refractivity contribution < 1.29 is 18.3 Å². The Morgan fingerprint density at radius 1 is 1.82 bits per heavy atom. The highest BCUT2D eigenvalue weighted by molar-refractivity contribution is 5.86. The van der Waals surface area contributed by atoms with E-state index in [1.54, 1.807) is 0 Å². The number of rotatable bonds is 4. The van der Waals surface area contributed by atoms with Gasteiger partial charge in [0.15, 0.2) is 0 Å². The lowest BCUT2D eigenvalue weighted by atomic mass is 10.5. The van der Waals surface area contributed by atoms with Gasteiger partial charge in [-0.25, -0.2) is 0 Å². The lowest BCUT2D eigenvalue weighted by Gasteiger charge is -2.13. The third-order valence-corrected chi connectivity index (χ3v) is 0.952. The Kier molecular flexibility index (Phi) is 3.67. The SMILES string of the molecule is C=CC(=O)NCC(F)(F)OC. The molecule has 1 N–H and O–H groups in total.